The maximum atomic E-state index is 11.1. The minimum atomic E-state index is -0.187. The Morgan fingerprint density at radius 1 is 1.36 bits per heavy atom. The summed E-state index contributed by atoms with van der Waals surface area (Å²) in [6.07, 6.45) is 0.124. The quantitative estimate of drug-likeness (QED) is 0.652. The molecule has 1 amide bonds. The van der Waals surface area contributed by atoms with Gasteiger partial charge in [-0.25, -0.2) is 0 Å². The predicted molar refractivity (Wildman–Crippen MR) is 54.7 cm³/mol. The molecular weight excluding hydrogens is 180 g/mol. The molecule has 76 valence electrons. The molecule has 4 heteroatoms. The number of carbonyl (C=O) groups is 1. The van der Waals surface area contributed by atoms with Gasteiger partial charge in [0.15, 0.2) is 0 Å². The smallest absolute Gasteiger partial charge is 0.226 e. The number of rotatable bonds is 4. The molecule has 0 fully saturated rings. The van der Waals surface area contributed by atoms with E-state index in [2.05, 4.69) is 5.32 Å². The number of hydrogen-bond donors (Lipinski definition) is 3. The summed E-state index contributed by atoms with van der Waals surface area (Å²) < 4.78 is 0. The third kappa shape index (κ3) is 3.16. The second-order valence-electron chi connectivity index (χ2n) is 2.92. The lowest BCUT2D eigenvalue weighted by molar-refractivity contribution is -0.116. The fourth-order valence-electron chi connectivity index (χ4n) is 1.05. The van der Waals surface area contributed by atoms with Gasteiger partial charge in [-0.15, -0.1) is 0 Å². The van der Waals surface area contributed by atoms with Gasteiger partial charge in [-0.2, -0.15) is 0 Å². The number of hydrogen-bond acceptors (Lipinski definition) is 3. The van der Waals surface area contributed by atoms with E-state index >= 15 is 0 Å². The Hall–Kier alpha value is -1.39. The van der Waals surface area contributed by atoms with E-state index in [1.165, 1.54) is 0 Å². The van der Waals surface area contributed by atoms with E-state index in [9.17, 15) is 4.79 Å². The average Bonchev–Trinajstić information content (AvgIpc) is 2.19. The molecule has 0 bridgehead atoms. The number of aliphatic hydroxyl groups is 1. The molecule has 0 radical (unpaired) electrons. The molecule has 0 atom stereocenters. The molecule has 0 saturated heterocycles. The van der Waals surface area contributed by atoms with Crippen molar-refractivity contribution in [2.45, 2.75) is 13.0 Å². The van der Waals surface area contributed by atoms with E-state index in [1.807, 2.05) is 12.1 Å². The molecule has 0 aliphatic heterocycles. The van der Waals surface area contributed by atoms with Gasteiger partial charge < -0.3 is 16.2 Å². The van der Waals surface area contributed by atoms with Crippen LogP contribution in [0.4, 0.5) is 5.69 Å². The van der Waals surface area contributed by atoms with Crippen molar-refractivity contribution >= 4 is 11.6 Å². The molecule has 0 aromatic heterocycles. The molecule has 1 aromatic rings. The largest absolute Gasteiger partial charge is 0.396 e. The fourth-order valence-corrected chi connectivity index (χ4v) is 1.05. The minimum Gasteiger partial charge on any atom is -0.396 e. The Bertz CT molecular complexity index is 295. The van der Waals surface area contributed by atoms with Crippen molar-refractivity contribution < 1.29 is 9.90 Å². The Morgan fingerprint density at radius 3 is 2.50 bits per heavy atom. The number of carbonyl (C=O) groups excluding carboxylic acids is 1. The van der Waals surface area contributed by atoms with Crippen molar-refractivity contribution in [1.29, 1.82) is 0 Å². The van der Waals surface area contributed by atoms with Gasteiger partial charge in [0, 0.05) is 12.2 Å². The second kappa shape index (κ2) is 5.36. The van der Waals surface area contributed by atoms with Crippen molar-refractivity contribution in [1.82, 2.24) is 0 Å². The van der Waals surface area contributed by atoms with Crippen LogP contribution in [-0.2, 0) is 11.3 Å². The Morgan fingerprint density at radius 2 is 2.00 bits per heavy atom. The number of anilines is 1. The summed E-state index contributed by atoms with van der Waals surface area (Å²) in [5, 5.41) is 11.2. The topological polar surface area (TPSA) is 75.3 Å². The molecule has 0 unspecified atom stereocenters. The highest BCUT2D eigenvalue weighted by molar-refractivity contribution is 5.90. The van der Waals surface area contributed by atoms with Crippen molar-refractivity contribution in [2.75, 3.05) is 11.9 Å². The van der Waals surface area contributed by atoms with Crippen LogP contribution in [-0.4, -0.2) is 17.6 Å². The van der Waals surface area contributed by atoms with Crippen molar-refractivity contribution in [3.05, 3.63) is 29.8 Å². The van der Waals surface area contributed by atoms with Crippen LogP contribution in [0.3, 0.4) is 0 Å². The summed E-state index contributed by atoms with van der Waals surface area (Å²) in [6.45, 7) is 0.359. The predicted octanol–water partition coefficient (Wildman–Crippen LogP) is 0.466. The van der Waals surface area contributed by atoms with Crippen LogP contribution in [0.5, 0.6) is 0 Å². The first-order valence-corrected chi connectivity index (χ1v) is 4.46. The van der Waals surface area contributed by atoms with Crippen LogP contribution < -0.4 is 11.1 Å². The standard InChI is InChI=1S/C10H14N2O2/c11-7-8-1-3-9(4-2-8)12-10(14)5-6-13/h1-4,13H,5-7,11H2,(H,12,14). The lowest BCUT2D eigenvalue weighted by atomic mass is 10.2. The van der Waals surface area contributed by atoms with Crippen LogP contribution >= 0.6 is 0 Å². The minimum absolute atomic E-state index is 0.124. The van der Waals surface area contributed by atoms with Crippen molar-refractivity contribution in [2.24, 2.45) is 5.73 Å². The molecule has 0 saturated carbocycles. The first-order valence-electron chi connectivity index (χ1n) is 4.46. The molecule has 4 N–H and O–H groups in total. The monoisotopic (exact) mass is 194 g/mol. The van der Waals surface area contributed by atoms with E-state index in [4.69, 9.17) is 10.8 Å². The first kappa shape index (κ1) is 10.7. The number of nitrogens with one attached hydrogen (secondary N) is 1. The van der Waals surface area contributed by atoms with E-state index in [0.29, 0.717) is 6.54 Å². The SMILES string of the molecule is NCc1ccc(NC(=O)CCO)cc1. The van der Waals surface area contributed by atoms with E-state index < -0.39 is 0 Å². The van der Waals surface area contributed by atoms with E-state index in [0.717, 1.165) is 11.3 Å². The van der Waals surface area contributed by atoms with Gasteiger partial charge in [-0.1, -0.05) is 12.1 Å². The van der Waals surface area contributed by atoms with Gasteiger partial charge in [0.2, 0.25) is 5.91 Å². The number of amides is 1. The molecule has 0 heterocycles. The maximum absolute atomic E-state index is 11.1. The first-order chi connectivity index (χ1) is 6.76. The highest BCUT2D eigenvalue weighted by Gasteiger charge is 2.00. The third-order valence-corrected chi connectivity index (χ3v) is 1.81. The summed E-state index contributed by atoms with van der Waals surface area (Å²) in [5.74, 6) is -0.187. The van der Waals surface area contributed by atoms with Crippen LogP contribution in [0.15, 0.2) is 24.3 Å². The number of benzene rings is 1. The molecule has 1 aromatic carbocycles. The van der Waals surface area contributed by atoms with Crippen molar-refractivity contribution in [3.63, 3.8) is 0 Å². The van der Waals surface area contributed by atoms with E-state index in [1.54, 1.807) is 12.1 Å². The Balaban J connectivity index is 2.55. The molecule has 0 spiro atoms. The zero-order chi connectivity index (χ0) is 10.4. The highest BCUT2D eigenvalue weighted by atomic mass is 16.3. The zero-order valence-electron chi connectivity index (χ0n) is 7.86. The van der Waals surface area contributed by atoms with E-state index in [-0.39, 0.29) is 18.9 Å². The average molecular weight is 194 g/mol. The molecular formula is C10H14N2O2. The third-order valence-electron chi connectivity index (χ3n) is 1.81. The summed E-state index contributed by atoms with van der Waals surface area (Å²) >= 11 is 0. The second-order valence-corrected chi connectivity index (χ2v) is 2.92. The fraction of sp³-hybridized carbons (Fsp3) is 0.300. The molecule has 0 aliphatic rings. The summed E-state index contributed by atoms with van der Waals surface area (Å²) in [6, 6.07) is 7.29. The Kier molecular flexibility index (Phi) is 4.10. The van der Waals surface area contributed by atoms with Crippen LogP contribution in [0.1, 0.15) is 12.0 Å². The number of aliphatic hydroxyl groups excluding tert-OH is 1. The highest BCUT2D eigenvalue weighted by Crippen LogP contribution is 2.09. The van der Waals surface area contributed by atoms with Crippen LogP contribution in [0, 0.1) is 0 Å². The Labute approximate surface area is 82.7 Å². The summed E-state index contributed by atoms with van der Waals surface area (Å²) in [7, 11) is 0. The number of nitrogens with two attached hydrogens (primary N) is 1. The normalized spacial score (nSPS) is 9.86. The van der Waals surface area contributed by atoms with Gasteiger partial charge in [0.25, 0.3) is 0 Å². The maximum Gasteiger partial charge on any atom is 0.226 e. The van der Waals surface area contributed by atoms with Gasteiger partial charge in [0.1, 0.15) is 0 Å². The van der Waals surface area contributed by atoms with Crippen LogP contribution in [0.25, 0.3) is 0 Å². The van der Waals surface area contributed by atoms with Gasteiger partial charge in [-0.3, -0.25) is 4.79 Å². The molecule has 1 rings (SSSR count). The lowest BCUT2D eigenvalue weighted by Crippen LogP contribution is -2.12. The summed E-state index contributed by atoms with van der Waals surface area (Å²) in [4.78, 5) is 11.1. The molecule has 14 heavy (non-hydrogen) atoms. The zero-order valence-corrected chi connectivity index (χ0v) is 7.86. The van der Waals surface area contributed by atoms with Gasteiger partial charge in [-0.05, 0) is 17.7 Å². The van der Waals surface area contributed by atoms with Gasteiger partial charge in [0.05, 0.1) is 13.0 Å². The molecule has 0 aliphatic carbocycles. The lowest BCUT2D eigenvalue weighted by Gasteiger charge is -2.04. The molecule has 4 nitrogen and oxygen atoms in total. The van der Waals surface area contributed by atoms with Gasteiger partial charge >= 0.3 is 0 Å². The van der Waals surface area contributed by atoms with Crippen LogP contribution in [0.2, 0.25) is 0 Å². The van der Waals surface area contributed by atoms with Crippen molar-refractivity contribution in [3.8, 4) is 0 Å². The summed E-state index contributed by atoms with van der Waals surface area (Å²) in [5.41, 5.74) is 7.17.